The second kappa shape index (κ2) is 8.38. The quantitative estimate of drug-likeness (QED) is 0.831. The van der Waals surface area contributed by atoms with Crippen LogP contribution >= 0.6 is 23.1 Å². The van der Waals surface area contributed by atoms with E-state index in [2.05, 4.69) is 17.2 Å². The molecule has 21 heavy (non-hydrogen) atoms. The standard InChI is InChI=1S/C14H21N3O2S2/c1-2-3-4-13(18)17-10-21-8-12(17)14(19)15-6-5-11-7-20-9-16-11/h7,9,12H,2-6,8,10H2,1H3,(H,15,19)/t12-/m1/s1. The van der Waals surface area contributed by atoms with Crippen molar-refractivity contribution in [2.75, 3.05) is 18.2 Å². The molecule has 5 nitrogen and oxygen atoms in total. The van der Waals surface area contributed by atoms with Crippen molar-refractivity contribution in [3.05, 3.63) is 16.6 Å². The molecule has 1 fully saturated rings. The van der Waals surface area contributed by atoms with Crippen molar-refractivity contribution in [2.24, 2.45) is 0 Å². The normalized spacial score (nSPS) is 18.0. The number of rotatable bonds is 7. The second-order valence-electron chi connectivity index (χ2n) is 5.00. The molecule has 0 bridgehead atoms. The summed E-state index contributed by atoms with van der Waals surface area (Å²) in [6.07, 6.45) is 3.16. The number of aromatic nitrogens is 1. The smallest absolute Gasteiger partial charge is 0.243 e. The summed E-state index contributed by atoms with van der Waals surface area (Å²) in [6, 6.07) is -0.310. The third-order valence-corrected chi connectivity index (χ3v) is 5.06. The molecule has 1 saturated heterocycles. The molecule has 0 unspecified atom stereocenters. The molecule has 1 atom stereocenters. The van der Waals surface area contributed by atoms with Crippen molar-refractivity contribution in [2.45, 2.75) is 38.6 Å². The molecule has 1 N–H and O–H groups in total. The van der Waals surface area contributed by atoms with Gasteiger partial charge in [-0.05, 0) is 6.42 Å². The number of thiazole rings is 1. The molecule has 116 valence electrons. The van der Waals surface area contributed by atoms with E-state index in [0.717, 1.165) is 25.0 Å². The van der Waals surface area contributed by atoms with Gasteiger partial charge in [0.1, 0.15) is 6.04 Å². The number of hydrogen-bond acceptors (Lipinski definition) is 5. The maximum absolute atomic E-state index is 12.2. The number of nitrogens with zero attached hydrogens (tertiary/aromatic N) is 2. The highest BCUT2D eigenvalue weighted by Crippen LogP contribution is 2.22. The van der Waals surface area contributed by atoms with Gasteiger partial charge in [-0.3, -0.25) is 9.59 Å². The minimum absolute atomic E-state index is 0.0416. The highest BCUT2D eigenvalue weighted by Gasteiger charge is 2.33. The summed E-state index contributed by atoms with van der Waals surface area (Å²) in [7, 11) is 0. The summed E-state index contributed by atoms with van der Waals surface area (Å²) in [5.74, 6) is 1.38. The number of amides is 2. The topological polar surface area (TPSA) is 62.3 Å². The first-order valence-electron chi connectivity index (χ1n) is 7.24. The third kappa shape index (κ3) is 4.71. The van der Waals surface area contributed by atoms with Crippen molar-refractivity contribution in [3.63, 3.8) is 0 Å². The molecule has 2 heterocycles. The molecule has 0 aromatic carbocycles. The van der Waals surface area contributed by atoms with Crippen LogP contribution in [0.3, 0.4) is 0 Å². The molecule has 1 aliphatic rings. The fourth-order valence-electron chi connectivity index (χ4n) is 2.17. The van der Waals surface area contributed by atoms with E-state index in [4.69, 9.17) is 0 Å². The Morgan fingerprint density at radius 1 is 1.52 bits per heavy atom. The van der Waals surface area contributed by atoms with Crippen molar-refractivity contribution >= 4 is 34.9 Å². The molecule has 7 heteroatoms. The largest absolute Gasteiger partial charge is 0.354 e. The number of carbonyl (C=O) groups is 2. The van der Waals surface area contributed by atoms with Gasteiger partial charge in [-0.25, -0.2) is 4.98 Å². The van der Waals surface area contributed by atoms with E-state index >= 15 is 0 Å². The van der Waals surface area contributed by atoms with Gasteiger partial charge in [0, 0.05) is 30.5 Å². The highest BCUT2D eigenvalue weighted by atomic mass is 32.2. The van der Waals surface area contributed by atoms with Crippen LogP contribution in [0.1, 0.15) is 31.9 Å². The van der Waals surface area contributed by atoms with Gasteiger partial charge in [0.15, 0.2) is 0 Å². The second-order valence-corrected chi connectivity index (χ2v) is 6.72. The maximum Gasteiger partial charge on any atom is 0.243 e. The Morgan fingerprint density at radius 3 is 3.10 bits per heavy atom. The molecule has 0 saturated carbocycles. The number of unbranched alkanes of at least 4 members (excludes halogenated alkanes) is 1. The molecule has 0 spiro atoms. The van der Waals surface area contributed by atoms with Gasteiger partial charge in [-0.1, -0.05) is 13.3 Å². The Bertz CT molecular complexity index is 465. The van der Waals surface area contributed by atoms with E-state index in [-0.39, 0.29) is 17.9 Å². The zero-order valence-electron chi connectivity index (χ0n) is 12.2. The van der Waals surface area contributed by atoms with Gasteiger partial charge in [0.2, 0.25) is 11.8 Å². The van der Waals surface area contributed by atoms with Gasteiger partial charge in [-0.2, -0.15) is 0 Å². The van der Waals surface area contributed by atoms with Crippen LogP contribution in [0.4, 0.5) is 0 Å². The Hall–Kier alpha value is -1.08. The summed E-state index contributed by atoms with van der Waals surface area (Å²) >= 11 is 3.20. The summed E-state index contributed by atoms with van der Waals surface area (Å²) < 4.78 is 0. The van der Waals surface area contributed by atoms with E-state index in [9.17, 15) is 9.59 Å². The monoisotopic (exact) mass is 327 g/mol. The molecular formula is C14H21N3O2S2. The van der Waals surface area contributed by atoms with E-state index in [1.807, 2.05) is 5.38 Å². The molecule has 1 aliphatic heterocycles. The van der Waals surface area contributed by atoms with Crippen LogP contribution in [-0.2, 0) is 16.0 Å². The van der Waals surface area contributed by atoms with Crippen LogP contribution in [0.5, 0.6) is 0 Å². The molecule has 0 radical (unpaired) electrons. The predicted molar refractivity (Wildman–Crippen MR) is 86.3 cm³/mol. The Balaban J connectivity index is 1.78. The van der Waals surface area contributed by atoms with Gasteiger partial charge in [-0.15, -0.1) is 23.1 Å². The Labute approximate surface area is 133 Å². The molecule has 0 aliphatic carbocycles. The average molecular weight is 327 g/mol. The van der Waals surface area contributed by atoms with Gasteiger partial charge >= 0.3 is 0 Å². The summed E-state index contributed by atoms with van der Waals surface area (Å²) in [6.45, 7) is 2.63. The number of hydrogen-bond donors (Lipinski definition) is 1. The van der Waals surface area contributed by atoms with E-state index < -0.39 is 0 Å². The first-order chi connectivity index (χ1) is 10.2. The lowest BCUT2D eigenvalue weighted by atomic mass is 10.2. The maximum atomic E-state index is 12.2. The lowest BCUT2D eigenvalue weighted by molar-refractivity contribution is -0.138. The van der Waals surface area contributed by atoms with Crippen LogP contribution in [0.15, 0.2) is 10.9 Å². The van der Waals surface area contributed by atoms with E-state index in [1.54, 1.807) is 33.5 Å². The van der Waals surface area contributed by atoms with Crippen LogP contribution in [0.2, 0.25) is 0 Å². The summed E-state index contributed by atoms with van der Waals surface area (Å²) in [4.78, 5) is 30.2. The lowest BCUT2D eigenvalue weighted by Gasteiger charge is -2.23. The zero-order valence-corrected chi connectivity index (χ0v) is 13.8. The van der Waals surface area contributed by atoms with Crippen LogP contribution in [0, 0.1) is 0 Å². The van der Waals surface area contributed by atoms with Crippen molar-refractivity contribution < 1.29 is 9.59 Å². The van der Waals surface area contributed by atoms with Gasteiger partial charge in [0.05, 0.1) is 17.1 Å². The van der Waals surface area contributed by atoms with Gasteiger partial charge < -0.3 is 10.2 Å². The van der Waals surface area contributed by atoms with Crippen LogP contribution in [-0.4, -0.2) is 45.9 Å². The van der Waals surface area contributed by atoms with E-state index in [1.165, 1.54) is 0 Å². The average Bonchev–Trinajstić information content (AvgIpc) is 3.15. The first-order valence-corrected chi connectivity index (χ1v) is 9.34. The SMILES string of the molecule is CCCCC(=O)N1CSC[C@@H]1C(=O)NCCc1cscn1. The molecule has 1 aromatic heterocycles. The minimum atomic E-state index is -0.310. The zero-order chi connectivity index (χ0) is 15.1. The summed E-state index contributed by atoms with van der Waals surface area (Å²) in [5, 5.41) is 4.91. The summed E-state index contributed by atoms with van der Waals surface area (Å²) in [5.41, 5.74) is 2.79. The molecular weight excluding hydrogens is 306 g/mol. The highest BCUT2D eigenvalue weighted by molar-refractivity contribution is 7.99. The first kappa shape index (κ1) is 16.3. The third-order valence-electron chi connectivity index (χ3n) is 3.41. The lowest BCUT2D eigenvalue weighted by Crippen LogP contribution is -2.47. The minimum Gasteiger partial charge on any atom is -0.354 e. The van der Waals surface area contributed by atoms with Crippen LogP contribution in [0.25, 0.3) is 0 Å². The number of thioether (sulfide) groups is 1. The fraction of sp³-hybridized carbons (Fsp3) is 0.643. The van der Waals surface area contributed by atoms with E-state index in [0.29, 0.717) is 24.6 Å². The Morgan fingerprint density at radius 2 is 2.38 bits per heavy atom. The number of nitrogens with one attached hydrogen (secondary N) is 1. The number of carbonyl (C=O) groups excluding carboxylic acids is 2. The van der Waals surface area contributed by atoms with Crippen LogP contribution < -0.4 is 5.32 Å². The van der Waals surface area contributed by atoms with Crippen molar-refractivity contribution in [1.82, 2.24) is 15.2 Å². The fourth-order valence-corrected chi connectivity index (χ4v) is 3.94. The Kier molecular flexibility index (Phi) is 6.50. The van der Waals surface area contributed by atoms with Crippen molar-refractivity contribution in [3.8, 4) is 0 Å². The molecule has 2 rings (SSSR count). The molecule has 2 amide bonds. The molecule has 1 aromatic rings. The van der Waals surface area contributed by atoms with Crippen molar-refractivity contribution in [1.29, 1.82) is 0 Å². The predicted octanol–water partition coefficient (Wildman–Crippen LogP) is 1.89. The van der Waals surface area contributed by atoms with Gasteiger partial charge in [0.25, 0.3) is 0 Å².